The summed E-state index contributed by atoms with van der Waals surface area (Å²) in [5.41, 5.74) is 1.08. The molecule has 218 valence electrons. The van der Waals surface area contributed by atoms with E-state index in [1.807, 2.05) is 0 Å². The van der Waals surface area contributed by atoms with Gasteiger partial charge in [0.25, 0.3) is 0 Å². The van der Waals surface area contributed by atoms with E-state index < -0.39 is 29.3 Å². The predicted molar refractivity (Wildman–Crippen MR) is 154 cm³/mol. The molecule has 0 saturated heterocycles. The molecule has 7 heteroatoms. The standard InChI is InChI=1S/C34H37F3O4/c1-3-5-7-21-40-27-16-19-31(30(35)22-27)41-34(38)25-10-8-23(9-11-25)28-17-18-29(33(37)32(28)36)24-12-14-26(15-13-24)39-20-6-4-2/h3,12-19,22-23,25H,1,4-11,20-21H2,2H3. The molecule has 3 aromatic carbocycles. The third-order valence-electron chi connectivity index (χ3n) is 7.48. The van der Waals surface area contributed by atoms with E-state index in [0.29, 0.717) is 61.5 Å². The summed E-state index contributed by atoms with van der Waals surface area (Å²) in [6, 6.07) is 14.4. The van der Waals surface area contributed by atoms with Crippen LogP contribution in [0.2, 0.25) is 0 Å². The fraction of sp³-hybridized carbons (Fsp3) is 0.382. The summed E-state index contributed by atoms with van der Waals surface area (Å²) < 4.78 is 61.3. The number of carbonyl (C=O) groups is 1. The highest BCUT2D eigenvalue weighted by molar-refractivity contribution is 5.75. The van der Waals surface area contributed by atoms with Gasteiger partial charge in [0.15, 0.2) is 23.2 Å². The first-order valence-electron chi connectivity index (χ1n) is 14.4. The Bertz CT molecular complexity index is 1310. The fourth-order valence-corrected chi connectivity index (χ4v) is 5.07. The van der Waals surface area contributed by atoms with E-state index in [2.05, 4.69) is 13.5 Å². The van der Waals surface area contributed by atoms with E-state index >= 15 is 8.78 Å². The number of halogens is 3. The van der Waals surface area contributed by atoms with Crippen molar-refractivity contribution in [2.24, 2.45) is 5.92 Å². The highest BCUT2D eigenvalue weighted by Crippen LogP contribution is 2.40. The maximum absolute atomic E-state index is 15.2. The first-order valence-corrected chi connectivity index (χ1v) is 14.4. The largest absolute Gasteiger partial charge is 0.494 e. The minimum atomic E-state index is -0.882. The Labute approximate surface area is 240 Å². The smallest absolute Gasteiger partial charge is 0.314 e. The second kappa shape index (κ2) is 14.8. The van der Waals surface area contributed by atoms with Gasteiger partial charge >= 0.3 is 5.97 Å². The second-order valence-electron chi connectivity index (χ2n) is 10.4. The molecule has 0 spiro atoms. The van der Waals surface area contributed by atoms with Crippen molar-refractivity contribution in [3.05, 3.63) is 90.3 Å². The van der Waals surface area contributed by atoms with E-state index in [1.165, 1.54) is 12.1 Å². The number of unbranched alkanes of at least 4 members (excludes halogenated alkanes) is 2. The summed E-state index contributed by atoms with van der Waals surface area (Å²) in [5, 5.41) is 0. The molecule has 4 nitrogen and oxygen atoms in total. The number of hydrogen-bond acceptors (Lipinski definition) is 4. The molecule has 0 N–H and O–H groups in total. The minimum absolute atomic E-state index is 0.153. The average Bonchev–Trinajstić information content (AvgIpc) is 2.99. The van der Waals surface area contributed by atoms with Gasteiger partial charge in [0.05, 0.1) is 19.1 Å². The van der Waals surface area contributed by atoms with Gasteiger partial charge in [-0.15, -0.1) is 6.58 Å². The molecule has 0 unspecified atom stereocenters. The summed E-state index contributed by atoms with van der Waals surface area (Å²) >= 11 is 0. The molecule has 0 radical (unpaired) electrons. The number of ether oxygens (including phenoxy) is 3. The molecule has 0 amide bonds. The van der Waals surface area contributed by atoms with Gasteiger partial charge in [0.1, 0.15) is 11.5 Å². The summed E-state index contributed by atoms with van der Waals surface area (Å²) in [4.78, 5) is 12.7. The fourth-order valence-electron chi connectivity index (χ4n) is 5.07. The lowest BCUT2D eigenvalue weighted by molar-refractivity contribution is -0.140. The highest BCUT2D eigenvalue weighted by atomic mass is 19.2. The lowest BCUT2D eigenvalue weighted by atomic mass is 9.78. The molecule has 0 atom stereocenters. The third-order valence-corrected chi connectivity index (χ3v) is 7.48. The summed E-state index contributed by atoms with van der Waals surface area (Å²) in [6.07, 6.45) is 7.23. The molecule has 1 saturated carbocycles. The first-order chi connectivity index (χ1) is 19.9. The minimum Gasteiger partial charge on any atom is -0.494 e. The molecule has 0 aromatic heterocycles. The van der Waals surface area contributed by atoms with Crippen molar-refractivity contribution in [1.29, 1.82) is 0 Å². The van der Waals surface area contributed by atoms with Crippen LogP contribution in [0.25, 0.3) is 11.1 Å². The Hall–Kier alpha value is -3.74. The number of benzene rings is 3. The van der Waals surface area contributed by atoms with Crippen LogP contribution >= 0.6 is 0 Å². The van der Waals surface area contributed by atoms with Gasteiger partial charge in [-0.3, -0.25) is 4.79 Å². The van der Waals surface area contributed by atoms with Crippen molar-refractivity contribution in [1.82, 2.24) is 0 Å². The van der Waals surface area contributed by atoms with Crippen molar-refractivity contribution in [2.75, 3.05) is 13.2 Å². The zero-order valence-electron chi connectivity index (χ0n) is 23.5. The predicted octanol–water partition coefficient (Wildman–Crippen LogP) is 9.17. The Morgan fingerprint density at radius 2 is 1.56 bits per heavy atom. The number of carbonyl (C=O) groups excluding carboxylic acids is 1. The molecule has 1 aliphatic carbocycles. The molecular formula is C34H37F3O4. The van der Waals surface area contributed by atoms with E-state index in [9.17, 15) is 9.18 Å². The Kier molecular flexibility index (Phi) is 10.9. The quantitative estimate of drug-likeness (QED) is 0.0896. The topological polar surface area (TPSA) is 44.8 Å². The summed E-state index contributed by atoms with van der Waals surface area (Å²) in [5.74, 6) is -2.69. The van der Waals surface area contributed by atoms with Crippen LogP contribution in [-0.2, 0) is 4.79 Å². The van der Waals surface area contributed by atoms with Crippen LogP contribution in [-0.4, -0.2) is 19.2 Å². The lowest BCUT2D eigenvalue weighted by Crippen LogP contribution is -2.25. The van der Waals surface area contributed by atoms with Gasteiger partial charge in [0.2, 0.25) is 0 Å². The molecule has 0 heterocycles. The highest BCUT2D eigenvalue weighted by Gasteiger charge is 2.31. The van der Waals surface area contributed by atoms with Crippen LogP contribution in [0.4, 0.5) is 13.2 Å². The second-order valence-corrected chi connectivity index (χ2v) is 10.4. The van der Waals surface area contributed by atoms with Crippen molar-refractivity contribution in [2.45, 2.75) is 64.2 Å². The van der Waals surface area contributed by atoms with Gasteiger partial charge in [-0.05, 0) is 86.3 Å². The lowest BCUT2D eigenvalue weighted by Gasteiger charge is -2.28. The van der Waals surface area contributed by atoms with Crippen LogP contribution in [0.1, 0.15) is 69.8 Å². The average molecular weight is 567 g/mol. The van der Waals surface area contributed by atoms with E-state index in [-0.39, 0.29) is 17.2 Å². The van der Waals surface area contributed by atoms with Crippen molar-refractivity contribution in [3.8, 4) is 28.4 Å². The van der Waals surface area contributed by atoms with Crippen LogP contribution < -0.4 is 14.2 Å². The molecule has 41 heavy (non-hydrogen) atoms. The Morgan fingerprint density at radius 3 is 2.24 bits per heavy atom. The molecule has 4 rings (SSSR count). The van der Waals surface area contributed by atoms with Gasteiger partial charge in [-0.2, -0.15) is 0 Å². The molecule has 1 aliphatic rings. The zero-order valence-corrected chi connectivity index (χ0v) is 23.5. The number of allylic oxidation sites excluding steroid dienone is 1. The van der Waals surface area contributed by atoms with Gasteiger partial charge in [-0.1, -0.05) is 43.7 Å². The Morgan fingerprint density at radius 1 is 0.878 bits per heavy atom. The first kappa shape index (κ1) is 30.2. The van der Waals surface area contributed by atoms with Crippen LogP contribution in [0, 0.1) is 23.4 Å². The number of esters is 1. The van der Waals surface area contributed by atoms with Gasteiger partial charge in [-0.25, -0.2) is 13.2 Å². The van der Waals surface area contributed by atoms with E-state index in [0.717, 1.165) is 25.7 Å². The maximum Gasteiger partial charge on any atom is 0.314 e. The molecule has 0 bridgehead atoms. The molecule has 1 fully saturated rings. The number of hydrogen-bond donors (Lipinski definition) is 0. The molecule has 0 aliphatic heterocycles. The van der Waals surface area contributed by atoms with Crippen molar-refractivity contribution < 1.29 is 32.2 Å². The van der Waals surface area contributed by atoms with Gasteiger partial charge < -0.3 is 14.2 Å². The van der Waals surface area contributed by atoms with Crippen molar-refractivity contribution >= 4 is 5.97 Å². The number of rotatable bonds is 13. The monoisotopic (exact) mass is 566 g/mol. The molecule has 3 aromatic rings. The molecular weight excluding hydrogens is 529 g/mol. The van der Waals surface area contributed by atoms with Crippen LogP contribution in [0.5, 0.6) is 17.2 Å². The van der Waals surface area contributed by atoms with Crippen LogP contribution in [0.3, 0.4) is 0 Å². The van der Waals surface area contributed by atoms with Crippen LogP contribution in [0.15, 0.2) is 67.3 Å². The zero-order chi connectivity index (χ0) is 29.2. The maximum atomic E-state index is 15.2. The summed E-state index contributed by atoms with van der Waals surface area (Å²) in [7, 11) is 0. The van der Waals surface area contributed by atoms with E-state index in [4.69, 9.17) is 14.2 Å². The Balaban J connectivity index is 1.32. The van der Waals surface area contributed by atoms with E-state index in [1.54, 1.807) is 48.5 Å². The van der Waals surface area contributed by atoms with Crippen molar-refractivity contribution in [3.63, 3.8) is 0 Å². The third kappa shape index (κ3) is 7.93. The normalized spacial score (nSPS) is 16.7. The summed E-state index contributed by atoms with van der Waals surface area (Å²) in [6.45, 7) is 6.78. The van der Waals surface area contributed by atoms with Gasteiger partial charge in [0, 0.05) is 11.6 Å². The SMILES string of the molecule is C=CCCCOc1ccc(OC(=O)C2CCC(c3ccc(-c4ccc(OCCCC)cc4)c(F)c3F)CC2)c(F)c1.